The maximum Gasteiger partial charge on any atom is 0.430 e. The Morgan fingerprint density at radius 1 is 1.16 bits per heavy atom. The summed E-state index contributed by atoms with van der Waals surface area (Å²) in [6, 6.07) is 7.51. The van der Waals surface area contributed by atoms with Crippen LogP contribution in [0.15, 0.2) is 24.3 Å². The number of nitrogens with two attached hydrogens (primary N) is 1. The van der Waals surface area contributed by atoms with Gasteiger partial charge in [0.1, 0.15) is 17.8 Å². The third kappa shape index (κ3) is 7.45. The molecule has 1 aliphatic heterocycles. The molecule has 5 rings (SSSR count). The van der Waals surface area contributed by atoms with Crippen LogP contribution in [-0.4, -0.2) is 72.2 Å². The van der Waals surface area contributed by atoms with E-state index >= 15 is 0 Å². The Morgan fingerprint density at radius 3 is 2.35 bits per heavy atom. The smallest absolute Gasteiger partial charge is 0.430 e. The molecule has 0 amide bonds. The number of nitrogen functional groups attached to an aromatic ring is 1. The molecular weight excluding hydrogens is 573 g/mol. The Bertz CT molecular complexity index is 1480. The quantitative estimate of drug-likeness (QED) is 0.311. The Kier molecular flexibility index (Phi) is 9.32. The highest BCUT2D eigenvalue weighted by Crippen LogP contribution is 2.40. The summed E-state index contributed by atoms with van der Waals surface area (Å²) in [6.45, 7) is 9.16. The topological polar surface area (TPSA) is 148 Å². The molecule has 1 saturated heterocycles. The van der Waals surface area contributed by atoms with E-state index in [4.69, 9.17) is 29.8 Å². The van der Waals surface area contributed by atoms with Crippen LogP contribution in [0.4, 0.5) is 24.8 Å². The van der Waals surface area contributed by atoms with E-state index in [2.05, 4.69) is 35.9 Å². The van der Waals surface area contributed by atoms with Crippen LogP contribution in [0.3, 0.4) is 0 Å². The lowest BCUT2D eigenvalue weighted by atomic mass is 9.84. The molecule has 0 spiro atoms. The number of carbonyl (C=O) groups is 2. The fourth-order valence-electron chi connectivity index (χ4n) is 4.63. The second-order valence-corrected chi connectivity index (χ2v) is 11.3. The number of carboxylic acids is 1. The summed E-state index contributed by atoms with van der Waals surface area (Å²) in [7, 11) is 1.68. The van der Waals surface area contributed by atoms with Crippen LogP contribution in [0.1, 0.15) is 56.0 Å². The third-order valence-electron chi connectivity index (χ3n) is 7.11. The minimum absolute atomic E-state index is 0.0314. The summed E-state index contributed by atoms with van der Waals surface area (Å²) < 4.78 is 52.0. The van der Waals surface area contributed by atoms with E-state index < -0.39 is 12.1 Å². The van der Waals surface area contributed by atoms with Crippen molar-refractivity contribution in [3.05, 3.63) is 35.4 Å². The molecule has 15 heteroatoms. The molecule has 3 aromatic rings. The van der Waals surface area contributed by atoms with Gasteiger partial charge >= 0.3 is 17.8 Å². The van der Waals surface area contributed by atoms with Crippen molar-refractivity contribution in [3.63, 3.8) is 0 Å². The Morgan fingerprint density at radius 2 is 1.81 bits per heavy atom. The van der Waals surface area contributed by atoms with Gasteiger partial charge in [0.25, 0.3) is 5.88 Å². The van der Waals surface area contributed by atoms with Gasteiger partial charge in [-0.3, -0.25) is 4.79 Å². The fraction of sp³-hybridized carbons (Fsp3) is 0.536. The summed E-state index contributed by atoms with van der Waals surface area (Å²) in [6.07, 6.45) is -1.73. The molecule has 0 bridgehead atoms. The fourth-order valence-corrected chi connectivity index (χ4v) is 4.63. The molecule has 2 aromatic heterocycles. The number of morpholine rings is 1. The van der Waals surface area contributed by atoms with Crippen LogP contribution in [0.5, 0.6) is 11.6 Å². The van der Waals surface area contributed by atoms with Crippen LogP contribution in [-0.2, 0) is 21.5 Å². The van der Waals surface area contributed by atoms with Gasteiger partial charge in [-0.1, -0.05) is 25.3 Å². The Balaban J connectivity index is 0.000000541. The normalized spacial score (nSPS) is 15.8. The zero-order valence-corrected chi connectivity index (χ0v) is 24.4. The molecule has 0 atom stereocenters. The average Bonchev–Trinajstić information content (AvgIpc) is 3.23. The monoisotopic (exact) mass is 608 g/mol. The number of ketones is 1. The van der Waals surface area contributed by atoms with Crippen molar-refractivity contribution in [2.24, 2.45) is 0 Å². The standard InChI is InChI=1S/C26H35N6O4.C2HF3O2/c1-26(2,3)19-14-17(15-20(24(19)34-4)30-10-12-35-13-11-30)21(33)16-31-23-9-8-22(36-18-6-5-7-18)28-32(23)25(27)29-31;3-2(4,5)1(6)7/h8-9,14-15,18H,5-7,10-13,16H2,1-4H3,(H2,27,29);(H,6,7)/q+1;/p-1. The van der Waals surface area contributed by atoms with E-state index in [1.807, 2.05) is 18.2 Å². The number of alkyl halides is 3. The summed E-state index contributed by atoms with van der Waals surface area (Å²) in [5, 5.41) is 17.7. The zero-order chi connectivity index (χ0) is 31.5. The van der Waals surface area contributed by atoms with Gasteiger partial charge < -0.3 is 34.7 Å². The van der Waals surface area contributed by atoms with Crippen LogP contribution < -0.4 is 29.9 Å². The first kappa shape index (κ1) is 31.8. The maximum absolute atomic E-state index is 13.6. The predicted molar refractivity (Wildman–Crippen MR) is 146 cm³/mol. The first-order chi connectivity index (χ1) is 20.2. The zero-order valence-electron chi connectivity index (χ0n) is 24.4. The molecule has 234 valence electrons. The van der Waals surface area contributed by atoms with Crippen molar-refractivity contribution >= 4 is 29.0 Å². The number of anilines is 2. The SMILES string of the molecule is COc1c(N2CCOCC2)cc(C(=O)C[n+]2nc(N)n3nc(OC4CCC4)ccc32)cc1C(C)(C)C.O=C([O-])C(F)(F)F. The molecule has 0 radical (unpaired) electrons. The van der Waals surface area contributed by atoms with Gasteiger partial charge in [-0.15, -0.1) is 4.68 Å². The highest BCUT2D eigenvalue weighted by atomic mass is 19.4. The van der Waals surface area contributed by atoms with Gasteiger partial charge in [-0.2, -0.15) is 13.2 Å². The molecule has 1 saturated carbocycles. The first-order valence-corrected chi connectivity index (χ1v) is 13.8. The lowest BCUT2D eigenvalue weighted by Crippen LogP contribution is -2.41. The number of aromatic nitrogens is 4. The van der Waals surface area contributed by atoms with E-state index in [1.165, 1.54) is 10.9 Å². The van der Waals surface area contributed by atoms with Crippen molar-refractivity contribution in [2.75, 3.05) is 44.0 Å². The van der Waals surface area contributed by atoms with Crippen molar-refractivity contribution in [1.82, 2.24) is 14.7 Å². The van der Waals surface area contributed by atoms with E-state index in [9.17, 15) is 18.0 Å². The van der Waals surface area contributed by atoms with Crippen LogP contribution in [0, 0.1) is 0 Å². The largest absolute Gasteiger partial charge is 0.542 e. The summed E-state index contributed by atoms with van der Waals surface area (Å²) in [5.41, 5.74) is 9.05. The number of halogens is 3. The molecular formula is C28H35F3N6O6. The lowest BCUT2D eigenvalue weighted by molar-refractivity contribution is -0.714. The number of ether oxygens (including phenoxy) is 3. The Hall–Kier alpha value is -4.14. The average molecular weight is 609 g/mol. The Labute approximate surface area is 246 Å². The number of aliphatic carboxylic acids is 1. The maximum atomic E-state index is 13.6. The molecule has 1 aliphatic carbocycles. The van der Waals surface area contributed by atoms with Crippen molar-refractivity contribution < 1.29 is 46.8 Å². The number of benzene rings is 1. The second kappa shape index (κ2) is 12.6. The molecule has 12 nitrogen and oxygen atoms in total. The molecule has 1 aromatic carbocycles. The van der Waals surface area contributed by atoms with E-state index in [0.717, 1.165) is 42.9 Å². The summed E-state index contributed by atoms with van der Waals surface area (Å²) in [4.78, 5) is 24.6. The van der Waals surface area contributed by atoms with Gasteiger partial charge in [0.15, 0.2) is 6.54 Å². The van der Waals surface area contributed by atoms with Crippen molar-refractivity contribution in [1.29, 1.82) is 0 Å². The number of hydrogen-bond donors (Lipinski definition) is 1. The number of carbonyl (C=O) groups excluding carboxylic acids is 2. The molecule has 0 unspecified atom stereocenters. The predicted octanol–water partition coefficient (Wildman–Crippen LogP) is 1.85. The minimum atomic E-state index is -5.19. The van der Waals surface area contributed by atoms with Gasteiger partial charge in [0, 0.05) is 36.3 Å². The molecule has 2 aliphatic rings. The number of nitrogens with zero attached hydrogens (tertiary/aromatic N) is 5. The summed E-state index contributed by atoms with van der Waals surface area (Å²) in [5.74, 6) is -1.57. The van der Waals surface area contributed by atoms with Crippen molar-refractivity contribution in [2.45, 2.75) is 64.3 Å². The summed E-state index contributed by atoms with van der Waals surface area (Å²) >= 11 is 0. The number of Topliss-reactive ketones (excluding diaryl/α,β-unsaturated/α-hetero) is 1. The molecule has 43 heavy (non-hydrogen) atoms. The van der Waals surface area contributed by atoms with Gasteiger partial charge in [-0.25, -0.2) is 0 Å². The molecule has 2 fully saturated rings. The number of methoxy groups -OCH3 is 1. The van der Waals surface area contributed by atoms with Gasteiger partial charge in [0.05, 0.1) is 26.0 Å². The highest BCUT2D eigenvalue weighted by Gasteiger charge is 2.30. The van der Waals surface area contributed by atoms with Gasteiger partial charge in [-0.05, 0) is 47.0 Å². The lowest BCUT2D eigenvalue weighted by Gasteiger charge is -2.33. The molecule has 2 N–H and O–H groups in total. The van der Waals surface area contributed by atoms with Crippen LogP contribution in [0.25, 0.3) is 5.65 Å². The van der Waals surface area contributed by atoms with Crippen LogP contribution >= 0.6 is 0 Å². The minimum Gasteiger partial charge on any atom is -0.542 e. The van der Waals surface area contributed by atoms with E-state index in [-0.39, 0.29) is 29.8 Å². The number of carboxylic acid groups (broad SMARTS) is 1. The second-order valence-electron chi connectivity index (χ2n) is 11.3. The van der Waals surface area contributed by atoms with Gasteiger partial charge in [0.2, 0.25) is 5.78 Å². The first-order valence-electron chi connectivity index (χ1n) is 13.8. The van der Waals surface area contributed by atoms with E-state index in [0.29, 0.717) is 30.3 Å². The number of hydrogen-bond acceptors (Lipinski definition) is 10. The number of rotatable bonds is 7. The van der Waals surface area contributed by atoms with Crippen LogP contribution in [0.2, 0.25) is 0 Å². The van der Waals surface area contributed by atoms with E-state index in [1.54, 1.807) is 17.9 Å². The third-order valence-corrected chi connectivity index (χ3v) is 7.11. The number of fused-ring (bicyclic) bond motifs is 1. The highest BCUT2D eigenvalue weighted by molar-refractivity contribution is 5.97. The molecule has 3 heterocycles. The van der Waals surface area contributed by atoms with Crippen molar-refractivity contribution in [3.8, 4) is 11.6 Å².